The number of carbonyl (C=O) groups is 1. The van der Waals surface area contributed by atoms with Crippen LogP contribution in [0.2, 0.25) is 6.04 Å². The summed E-state index contributed by atoms with van der Waals surface area (Å²) in [6.45, 7) is 14.7. The van der Waals surface area contributed by atoms with Crippen LogP contribution < -0.4 is 0 Å². The summed E-state index contributed by atoms with van der Waals surface area (Å²) < 4.78 is 57.6. The maximum atomic E-state index is 11.5. The van der Waals surface area contributed by atoms with Gasteiger partial charge >= 0.3 is 41.2 Å². The summed E-state index contributed by atoms with van der Waals surface area (Å²) >= 11 is 0. The molecule has 0 amide bonds. The second-order valence-electron chi connectivity index (χ2n) is 6.11. The monoisotopic (exact) mass is 540 g/mol. The van der Waals surface area contributed by atoms with Crippen molar-refractivity contribution >= 4 is 41.2 Å². The van der Waals surface area contributed by atoms with Crippen LogP contribution in [0, 0.1) is 0 Å². The van der Waals surface area contributed by atoms with Crippen LogP contribution in [-0.4, -0.2) is 90.5 Å². The van der Waals surface area contributed by atoms with Crippen LogP contribution in [0.15, 0.2) is 49.5 Å². The van der Waals surface area contributed by atoms with Gasteiger partial charge in [0, 0.05) is 54.8 Å². The Morgan fingerprint density at radius 2 is 1.00 bits per heavy atom. The van der Waals surface area contributed by atoms with Gasteiger partial charge in [-0.15, -0.1) is 0 Å². The minimum Gasteiger partial charge on any atom is -0.463 e. The van der Waals surface area contributed by atoms with Crippen LogP contribution >= 0.6 is 0 Å². The molecule has 0 rings (SSSR count). The number of hydrogen-bond acceptors (Lipinski definition) is 11. The average Bonchev–Trinajstić information content (AvgIpc) is 2.87. The third-order valence-corrected chi connectivity index (χ3v) is 17.4. The Hall–Kier alpha value is -1.06. The second-order valence-corrected chi connectivity index (χ2v) is 17.7. The molecule has 0 aromatic heterocycles. The lowest BCUT2D eigenvalue weighted by Gasteiger charge is -2.42. The number of carbonyl (C=O) groups excluding carboxylic acids is 1. The second kappa shape index (κ2) is 15.0. The van der Waals surface area contributed by atoms with Crippen molar-refractivity contribution in [1.29, 1.82) is 0 Å². The molecular formula is C18H36O11Si4. The maximum Gasteiger partial charge on any atom is 0.521 e. The summed E-state index contributed by atoms with van der Waals surface area (Å²) in [4.78, 5) is 11.5. The van der Waals surface area contributed by atoms with Crippen molar-refractivity contribution in [3.05, 3.63) is 49.5 Å². The fourth-order valence-corrected chi connectivity index (χ4v) is 15.6. The van der Waals surface area contributed by atoms with Crippen LogP contribution in [0.1, 0.15) is 6.42 Å². The highest BCUT2D eigenvalue weighted by Crippen LogP contribution is 2.32. The molecule has 11 nitrogen and oxygen atoms in total. The van der Waals surface area contributed by atoms with E-state index in [4.69, 9.17) is 43.6 Å². The van der Waals surface area contributed by atoms with E-state index in [1.165, 1.54) is 59.8 Å². The normalized spacial score (nSPS) is 12.8. The first-order valence-corrected chi connectivity index (χ1v) is 17.1. The molecule has 0 fully saturated rings. The Bertz CT molecular complexity index is 585. The molecule has 0 aliphatic rings. The molecule has 190 valence electrons. The zero-order valence-electron chi connectivity index (χ0n) is 20.2. The van der Waals surface area contributed by atoms with Crippen molar-refractivity contribution in [1.82, 2.24) is 0 Å². The van der Waals surface area contributed by atoms with Gasteiger partial charge in [0.05, 0.1) is 6.61 Å². The molecule has 0 radical (unpaired) electrons. The topological polar surface area (TPSA) is 109 Å². The third-order valence-electron chi connectivity index (χ3n) is 4.39. The summed E-state index contributed by atoms with van der Waals surface area (Å²) in [6, 6.07) is 0.108. The van der Waals surface area contributed by atoms with Crippen molar-refractivity contribution in [2.24, 2.45) is 0 Å². The van der Waals surface area contributed by atoms with E-state index < -0.39 is 41.2 Å². The van der Waals surface area contributed by atoms with E-state index in [1.54, 1.807) is 0 Å². The highest BCUT2D eigenvalue weighted by atomic mass is 28.5. The predicted molar refractivity (Wildman–Crippen MR) is 129 cm³/mol. The zero-order valence-corrected chi connectivity index (χ0v) is 24.2. The van der Waals surface area contributed by atoms with Gasteiger partial charge in [-0.1, -0.05) is 26.3 Å². The summed E-state index contributed by atoms with van der Waals surface area (Å²) in [5, 5.41) is 0. The molecule has 0 spiro atoms. The minimum absolute atomic E-state index is 0.0313. The first kappa shape index (κ1) is 31.9. The maximum absolute atomic E-state index is 11.5. The van der Waals surface area contributed by atoms with E-state index in [1.807, 2.05) is 0 Å². The van der Waals surface area contributed by atoms with Gasteiger partial charge < -0.3 is 43.6 Å². The number of hydrogen-bond donors (Lipinski definition) is 0. The fraction of sp³-hybridized carbons (Fsp3) is 0.500. The molecule has 0 heterocycles. The van der Waals surface area contributed by atoms with Gasteiger partial charge in [0.15, 0.2) is 0 Å². The summed E-state index contributed by atoms with van der Waals surface area (Å²) in [5.74, 6) is -0.569. The Morgan fingerprint density at radius 1 is 0.667 bits per heavy atom. The van der Waals surface area contributed by atoms with Crippen LogP contribution in [-0.2, 0) is 48.4 Å². The van der Waals surface area contributed by atoms with Crippen molar-refractivity contribution in [2.45, 2.75) is 12.5 Å². The Labute approximate surface area is 200 Å². The molecule has 33 heavy (non-hydrogen) atoms. The van der Waals surface area contributed by atoms with Crippen molar-refractivity contribution in [3.63, 3.8) is 0 Å². The summed E-state index contributed by atoms with van der Waals surface area (Å²) in [5.41, 5.74) is 4.27. The third kappa shape index (κ3) is 8.90. The van der Waals surface area contributed by atoms with Gasteiger partial charge in [-0.2, -0.15) is 0 Å². The van der Waals surface area contributed by atoms with E-state index in [0.29, 0.717) is 0 Å². The molecule has 0 bridgehead atoms. The van der Waals surface area contributed by atoms with Crippen molar-refractivity contribution in [3.8, 4) is 0 Å². The molecule has 0 N–H and O–H groups in total. The Balaban J connectivity index is 6.59. The molecule has 0 saturated heterocycles. The van der Waals surface area contributed by atoms with Gasteiger partial charge in [-0.05, 0) is 23.5 Å². The zero-order chi connectivity index (χ0) is 25.6. The Morgan fingerprint density at radius 3 is 1.24 bits per heavy atom. The van der Waals surface area contributed by atoms with Crippen molar-refractivity contribution < 1.29 is 48.4 Å². The lowest BCUT2D eigenvalue weighted by atomic mass is 10.5. The molecule has 0 atom stereocenters. The summed E-state index contributed by atoms with van der Waals surface area (Å²) in [7, 11) is -6.02. The lowest BCUT2D eigenvalue weighted by molar-refractivity contribution is -0.137. The number of esters is 1. The highest BCUT2D eigenvalue weighted by molar-refractivity contribution is 6.87. The molecule has 15 heteroatoms. The van der Waals surface area contributed by atoms with Gasteiger partial charge in [-0.3, -0.25) is 0 Å². The molecule has 0 aliphatic carbocycles. The van der Waals surface area contributed by atoms with Crippen LogP contribution in [0.4, 0.5) is 0 Å². The van der Waals surface area contributed by atoms with Crippen molar-refractivity contribution in [2.75, 3.05) is 49.3 Å². The molecule has 0 saturated carbocycles. The van der Waals surface area contributed by atoms with E-state index in [2.05, 4.69) is 26.3 Å². The average molecular weight is 541 g/mol. The standard InChI is InChI=1S/C18H36O11Si4/c1-11-18(19)26-16-15-17-33(27-30(12-2,20-5)21-6,28-31(13-3,22-7)23-8)29-32(14-4,24-9)25-10/h11-14H,1-4,15-17H2,5-10H3. The van der Waals surface area contributed by atoms with E-state index in [9.17, 15) is 4.79 Å². The van der Waals surface area contributed by atoms with Gasteiger partial charge in [-0.25, -0.2) is 4.79 Å². The van der Waals surface area contributed by atoms with Gasteiger partial charge in [0.1, 0.15) is 0 Å². The summed E-state index contributed by atoms with van der Waals surface area (Å²) in [6.07, 6.45) is 1.33. The van der Waals surface area contributed by atoms with E-state index in [0.717, 1.165) is 6.08 Å². The predicted octanol–water partition coefficient (Wildman–Crippen LogP) is 1.97. The molecule has 0 unspecified atom stereocenters. The molecule has 0 aliphatic heterocycles. The number of rotatable bonds is 20. The molecule has 0 aromatic rings. The first-order chi connectivity index (χ1) is 15.6. The fourth-order valence-electron chi connectivity index (χ4n) is 2.51. The quantitative estimate of drug-likeness (QED) is 0.0978. The van der Waals surface area contributed by atoms with E-state index >= 15 is 0 Å². The van der Waals surface area contributed by atoms with Crippen LogP contribution in [0.3, 0.4) is 0 Å². The minimum atomic E-state index is -3.97. The van der Waals surface area contributed by atoms with Crippen LogP contribution in [0.25, 0.3) is 0 Å². The lowest BCUT2D eigenvalue weighted by Crippen LogP contribution is -2.67. The highest BCUT2D eigenvalue weighted by Gasteiger charge is 2.61. The van der Waals surface area contributed by atoms with Gasteiger partial charge in [0.25, 0.3) is 0 Å². The first-order valence-electron chi connectivity index (χ1n) is 9.74. The largest absolute Gasteiger partial charge is 0.521 e. The smallest absolute Gasteiger partial charge is 0.463 e. The molecule has 0 aromatic carbocycles. The molecular weight excluding hydrogens is 505 g/mol. The Kier molecular flexibility index (Phi) is 14.6. The number of ether oxygens (including phenoxy) is 1. The van der Waals surface area contributed by atoms with Crippen LogP contribution in [0.5, 0.6) is 0 Å². The SMILES string of the molecule is C=CC(=O)OCCC[Si](O[Si](C=C)(OC)OC)(O[Si](C=C)(OC)OC)O[Si](C=C)(OC)OC. The van der Waals surface area contributed by atoms with Gasteiger partial charge in [0.2, 0.25) is 0 Å². The van der Waals surface area contributed by atoms with E-state index in [-0.39, 0.29) is 19.1 Å².